The first-order valence-corrected chi connectivity index (χ1v) is 11.6. The van der Waals surface area contributed by atoms with Gasteiger partial charge in [-0.3, -0.25) is 9.59 Å². The summed E-state index contributed by atoms with van der Waals surface area (Å²) in [6.07, 6.45) is 0. The van der Waals surface area contributed by atoms with Crippen LogP contribution in [-0.2, 0) is 0 Å². The van der Waals surface area contributed by atoms with Crippen molar-refractivity contribution in [1.29, 1.82) is 0 Å². The van der Waals surface area contributed by atoms with E-state index in [2.05, 4.69) is 31.8 Å². The summed E-state index contributed by atoms with van der Waals surface area (Å²) in [6, 6.07) is 10.9. The molecule has 0 fully saturated rings. The van der Waals surface area contributed by atoms with Gasteiger partial charge in [-0.15, -0.1) is 22.7 Å². The summed E-state index contributed by atoms with van der Waals surface area (Å²) in [5.74, 6) is -0.496. The van der Waals surface area contributed by atoms with Crippen LogP contribution in [-0.4, -0.2) is 28.7 Å². The maximum Gasteiger partial charge on any atom is 0.281 e. The molecule has 2 aromatic heterocycles. The molecule has 0 aliphatic carbocycles. The predicted molar refractivity (Wildman–Crippen MR) is 126 cm³/mol. The normalized spacial score (nSPS) is 11.6. The average Bonchev–Trinajstić information content (AvgIpc) is 3.33. The van der Waals surface area contributed by atoms with Crippen molar-refractivity contribution in [3.8, 4) is 16.2 Å². The van der Waals surface area contributed by atoms with Gasteiger partial charge < -0.3 is 10.4 Å². The number of halogens is 1. The molecule has 2 heterocycles. The number of thiophene rings is 2. The van der Waals surface area contributed by atoms with Gasteiger partial charge in [-0.1, -0.05) is 28.1 Å². The van der Waals surface area contributed by atoms with Crippen LogP contribution >= 0.6 is 38.6 Å². The zero-order valence-electron chi connectivity index (χ0n) is 16.5. The molecule has 3 N–H and O–H groups in total. The molecular formula is C21H20BrN3O3S2. The zero-order chi connectivity index (χ0) is 21.8. The average molecular weight is 506 g/mol. The third-order valence-electron chi connectivity index (χ3n) is 4.06. The van der Waals surface area contributed by atoms with Gasteiger partial charge in [0.05, 0.1) is 25.9 Å². The molecule has 1 aromatic carbocycles. The van der Waals surface area contributed by atoms with Gasteiger partial charge in [0, 0.05) is 15.9 Å². The third-order valence-corrected chi connectivity index (χ3v) is 6.69. The lowest BCUT2D eigenvalue weighted by Crippen LogP contribution is -2.29. The molecule has 3 aromatic rings. The van der Waals surface area contributed by atoms with E-state index < -0.39 is 5.91 Å². The second-order valence-electron chi connectivity index (χ2n) is 6.76. The first kappa shape index (κ1) is 22.2. The van der Waals surface area contributed by atoms with E-state index in [1.165, 1.54) is 11.3 Å². The van der Waals surface area contributed by atoms with Gasteiger partial charge in [0.2, 0.25) is 0 Å². The third kappa shape index (κ3) is 5.16. The Morgan fingerprint density at radius 1 is 1.07 bits per heavy atom. The Bertz CT molecular complexity index is 1100. The van der Waals surface area contributed by atoms with E-state index in [0.29, 0.717) is 21.0 Å². The highest BCUT2D eigenvalue weighted by Gasteiger charge is 2.16. The summed E-state index contributed by atoms with van der Waals surface area (Å²) >= 11 is 5.90. The molecule has 0 saturated carbocycles. The highest BCUT2D eigenvalue weighted by molar-refractivity contribution is 9.10. The van der Waals surface area contributed by atoms with E-state index in [4.69, 9.17) is 0 Å². The van der Waals surface area contributed by atoms with Gasteiger partial charge in [0.1, 0.15) is 5.75 Å². The van der Waals surface area contributed by atoms with E-state index in [1.54, 1.807) is 24.4 Å². The highest BCUT2D eigenvalue weighted by Crippen LogP contribution is 2.39. The minimum absolute atomic E-state index is 0.0183. The standard InChI is InChI=1S/C21H20BrN3O3S2/c1-11(2)23-20(27)16-8-9-17(30-16)21(28)25-24-12(3)15-10-29-19(18(15)26)13-4-6-14(22)7-5-13/h4-11,26H,1-3H3,(H,23,27)(H,25,28). The molecule has 6 nitrogen and oxygen atoms in total. The number of carbonyl (C=O) groups excluding carboxylic acids is 2. The molecular weight excluding hydrogens is 486 g/mol. The lowest BCUT2D eigenvalue weighted by atomic mass is 10.1. The van der Waals surface area contributed by atoms with Crippen LogP contribution in [0.2, 0.25) is 0 Å². The van der Waals surface area contributed by atoms with E-state index >= 15 is 0 Å². The van der Waals surface area contributed by atoms with Crippen molar-refractivity contribution in [1.82, 2.24) is 10.7 Å². The molecule has 0 aliphatic heterocycles. The van der Waals surface area contributed by atoms with Crippen molar-refractivity contribution in [3.05, 3.63) is 61.6 Å². The van der Waals surface area contributed by atoms with Crippen molar-refractivity contribution in [2.75, 3.05) is 0 Å². The van der Waals surface area contributed by atoms with Crippen LogP contribution in [0.3, 0.4) is 0 Å². The molecule has 0 spiro atoms. The Balaban J connectivity index is 1.71. The fourth-order valence-corrected chi connectivity index (χ4v) is 4.65. The van der Waals surface area contributed by atoms with Gasteiger partial charge in [-0.25, -0.2) is 5.43 Å². The summed E-state index contributed by atoms with van der Waals surface area (Å²) in [6.45, 7) is 5.46. The number of carbonyl (C=O) groups is 2. The largest absolute Gasteiger partial charge is 0.506 e. The predicted octanol–water partition coefficient (Wildman–Crippen LogP) is 5.24. The maximum absolute atomic E-state index is 12.4. The lowest BCUT2D eigenvalue weighted by Gasteiger charge is -2.05. The van der Waals surface area contributed by atoms with Crippen LogP contribution < -0.4 is 10.7 Å². The number of hydrogen-bond acceptors (Lipinski definition) is 6. The quantitative estimate of drug-likeness (QED) is 0.316. The number of hydrogen-bond donors (Lipinski definition) is 3. The van der Waals surface area contributed by atoms with Gasteiger partial charge in [-0.05, 0) is 50.6 Å². The Morgan fingerprint density at radius 3 is 2.33 bits per heavy atom. The van der Waals surface area contributed by atoms with E-state index in [0.717, 1.165) is 26.3 Å². The number of nitrogens with zero attached hydrogens (tertiary/aromatic N) is 1. The Morgan fingerprint density at radius 2 is 1.70 bits per heavy atom. The molecule has 0 saturated heterocycles. The molecule has 9 heteroatoms. The number of benzene rings is 1. The summed E-state index contributed by atoms with van der Waals surface area (Å²) in [5, 5.41) is 19.3. The van der Waals surface area contributed by atoms with Crippen molar-refractivity contribution in [2.45, 2.75) is 26.8 Å². The van der Waals surface area contributed by atoms with Crippen molar-refractivity contribution < 1.29 is 14.7 Å². The van der Waals surface area contributed by atoms with Crippen LogP contribution in [0.25, 0.3) is 10.4 Å². The van der Waals surface area contributed by atoms with Crippen LogP contribution in [0.15, 0.2) is 51.4 Å². The topological polar surface area (TPSA) is 90.8 Å². The van der Waals surface area contributed by atoms with Gasteiger partial charge in [0.25, 0.3) is 11.8 Å². The van der Waals surface area contributed by atoms with Gasteiger partial charge >= 0.3 is 0 Å². The maximum atomic E-state index is 12.4. The molecule has 3 rings (SSSR count). The van der Waals surface area contributed by atoms with Crippen molar-refractivity contribution >= 4 is 56.1 Å². The van der Waals surface area contributed by atoms with Crippen LogP contribution in [0.5, 0.6) is 5.75 Å². The fourth-order valence-electron chi connectivity index (χ4n) is 2.58. The van der Waals surface area contributed by atoms with E-state index in [1.807, 2.05) is 38.1 Å². The van der Waals surface area contributed by atoms with Gasteiger partial charge in [0.15, 0.2) is 0 Å². The molecule has 0 aliphatic rings. The number of aromatic hydroxyl groups is 1. The van der Waals surface area contributed by atoms with Crippen LogP contribution in [0.4, 0.5) is 0 Å². The summed E-state index contributed by atoms with van der Waals surface area (Å²) in [4.78, 5) is 26.0. The summed E-state index contributed by atoms with van der Waals surface area (Å²) in [7, 11) is 0. The molecule has 2 amide bonds. The number of hydrazone groups is 1. The minimum atomic E-state index is -0.411. The number of nitrogens with one attached hydrogen (secondary N) is 2. The molecule has 0 radical (unpaired) electrons. The second kappa shape index (κ2) is 9.55. The first-order valence-electron chi connectivity index (χ1n) is 9.08. The molecule has 0 unspecified atom stereocenters. The molecule has 30 heavy (non-hydrogen) atoms. The highest BCUT2D eigenvalue weighted by atomic mass is 79.9. The van der Waals surface area contributed by atoms with Crippen LogP contribution in [0, 0.1) is 0 Å². The summed E-state index contributed by atoms with van der Waals surface area (Å²) < 4.78 is 0.960. The molecule has 0 bridgehead atoms. The van der Waals surface area contributed by atoms with Gasteiger partial charge in [-0.2, -0.15) is 5.10 Å². The van der Waals surface area contributed by atoms with Crippen molar-refractivity contribution in [3.63, 3.8) is 0 Å². The monoisotopic (exact) mass is 505 g/mol. The smallest absolute Gasteiger partial charge is 0.281 e. The summed E-state index contributed by atoms with van der Waals surface area (Å²) in [5.41, 5.74) is 4.42. The lowest BCUT2D eigenvalue weighted by molar-refractivity contribution is 0.0944. The van der Waals surface area contributed by atoms with E-state index in [-0.39, 0.29) is 17.7 Å². The zero-order valence-corrected chi connectivity index (χ0v) is 19.7. The molecule has 156 valence electrons. The second-order valence-corrected chi connectivity index (χ2v) is 9.64. The number of rotatable bonds is 6. The van der Waals surface area contributed by atoms with Crippen molar-refractivity contribution in [2.24, 2.45) is 5.10 Å². The Hall–Kier alpha value is -2.49. The fraction of sp³-hybridized carbons (Fsp3) is 0.190. The number of amides is 2. The Kier molecular flexibility index (Phi) is 7.06. The minimum Gasteiger partial charge on any atom is -0.506 e. The molecule has 0 atom stereocenters. The Labute approximate surface area is 190 Å². The van der Waals surface area contributed by atoms with E-state index in [9.17, 15) is 14.7 Å². The SMILES string of the molecule is CC(=NNC(=O)c1ccc(C(=O)NC(C)C)s1)c1csc(-c2ccc(Br)cc2)c1O. The first-order chi connectivity index (χ1) is 14.3. The van der Waals surface area contributed by atoms with Crippen LogP contribution in [0.1, 0.15) is 45.7 Å².